The van der Waals surface area contributed by atoms with Crippen molar-refractivity contribution in [2.75, 3.05) is 0 Å². The summed E-state index contributed by atoms with van der Waals surface area (Å²) in [5, 5.41) is 0. The van der Waals surface area contributed by atoms with Crippen LogP contribution in [0, 0.1) is 5.41 Å². The third kappa shape index (κ3) is 9.11. The van der Waals surface area contributed by atoms with Crippen LogP contribution >= 0.6 is 0 Å². The zero-order chi connectivity index (χ0) is 23.7. The highest BCUT2D eigenvalue weighted by molar-refractivity contribution is 5.84. The molecule has 3 heteroatoms. The van der Waals surface area contributed by atoms with Crippen molar-refractivity contribution >= 4 is 17.9 Å². The molecule has 2 rings (SSSR count). The minimum Gasteiger partial charge on any atom is -0.328 e. The molecule has 170 valence electrons. The Morgan fingerprint density at radius 2 is 1.87 bits per heavy atom. The van der Waals surface area contributed by atoms with Crippen molar-refractivity contribution in [1.82, 2.24) is 9.55 Å². The van der Waals surface area contributed by atoms with Crippen LogP contribution in [0.25, 0.3) is 12.2 Å². The Labute approximate surface area is 186 Å². The molecule has 1 atom stereocenters. The predicted molar refractivity (Wildman–Crippen MR) is 136 cm³/mol. The second kappa shape index (κ2) is 16.6. The van der Waals surface area contributed by atoms with Crippen LogP contribution in [0.3, 0.4) is 0 Å². The number of hydrogen-bond acceptors (Lipinski definition) is 2. The third-order valence-corrected chi connectivity index (χ3v) is 4.67. The lowest BCUT2D eigenvalue weighted by atomic mass is 9.79. The lowest BCUT2D eigenvalue weighted by Gasteiger charge is -2.24. The van der Waals surface area contributed by atoms with Crippen LogP contribution in [-0.2, 0) is 17.8 Å². The highest BCUT2D eigenvalue weighted by Crippen LogP contribution is 2.30. The van der Waals surface area contributed by atoms with E-state index in [0.717, 1.165) is 37.3 Å². The fourth-order valence-electron chi connectivity index (χ4n) is 3.10. The summed E-state index contributed by atoms with van der Waals surface area (Å²) in [5.41, 5.74) is 3.14. The van der Waals surface area contributed by atoms with E-state index in [9.17, 15) is 4.79 Å². The van der Waals surface area contributed by atoms with Gasteiger partial charge in [-0.15, -0.1) is 0 Å². The molecule has 0 aliphatic heterocycles. The van der Waals surface area contributed by atoms with Crippen LogP contribution in [0.15, 0.2) is 36.5 Å². The summed E-state index contributed by atoms with van der Waals surface area (Å²) in [6.07, 6.45) is 15.1. The van der Waals surface area contributed by atoms with E-state index >= 15 is 0 Å². The molecular formula is C27H46N2O. The smallest absolute Gasteiger partial charge is 0.139 e. The van der Waals surface area contributed by atoms with Crippen molar-refractivity contribution in [2.24, 2.45) is 5.41 Å². The molecule has 1 aliphatic rings. The lowest BCUT2D eigenvalue weighted by molar-refractivity contribution is -0.123. The number of ketones is 1. The molecule has 1 unspecified atom stereocenters. The topological polar surface area (TPSA) is 34.9 Å². The van der Waals surface area contributed by atoms with E-state index in [4.69, 9.17) is 0 Å². The number of aromatic nitrogens is 2. The quantitative estimate of drug-likeness (QED) is 0.471. The maximum atomic E-state index is 11.2. The summed E-state index contributed by atoms with van der Waals surface area (Å²) < 4.78 is 2.29. The summed E-state index contributed by atoms with van der Waals surface area (Å²) in [6.45, 7) is 24.9. The summed E-state index contributed by atoms with van der Waals surface area (Å²) in [5.74, 6) is 1.40. The highest BCUT2D eigenvalue weighted by Gasteiger charge is 2.27. The summed E-state index contributed by atoms with van der Waals surface area (Å²) >= 11 is 0. The minimum atomic E-state index is -0.237. The molecule has 1 aromatic rings. The van der Waals surface area contributed by atoms with E-state index in [0.29, 0.717) is 0 Å². The van der Waals surface area contributed by atoms with Crippen molar-refractivity contribution in [1.29, 1.82) is 0 Å². The molecule has 0 spiro atoms. The molecule has 1 heterocycles. The average Bonchev–Trinajstić information content (AvgIpc) is 3.08. The van der Waals surface area contributed by atoms with Gasteiger partial charge in [0, 0.05) is 18.4 Å². The summed E-state index contributed by atoms with van der Waals surface area (Å²) in [7, 11) is 0. The van der Waals surface area contributed by atoms with Gasteiger partial charge in [-0.25, -0.2) is 4.98 Å². The molecule has 0 radical (unpaired) electrons. The fraction of sp³-hybridized carbons (Fsp3) is 0.556. The molecule has 0 aromatic carbocycles. The molecule has 0 bridgehead atoms. The molecular weight excluding hydrogens is 368 g/mol. The van der Waals surface area contributed by atoms with Crippen molar-refractivity contribution in [2.45, 2.75) is 95.0 Å². The molecule has 0 saturated carbocycles. The largest absolute Gasteiger partial charge is 0.328 e. The van der Waals surface area contributed by atoms with Crippen LogP contribution in [0.4, 0.5) is 0 Å². The van der Waals surface area contributed by atoms with E-state index in [1.807, 2.05) is 54.5 Å². The van der Waals surface area contributed by atoms with Crippen LogP contribution in [0.2, 0.25) is 0 Å². The van der Waals surface area contributed by atoms with Crippen molar-refractivity contribution in [3.63, 3.8) is 0 Å². The first-order chi connectivity index (χ1) is 14.3. The monoisotopic (exact) mass is 414 g/mol. The van der Waals surface area contributed by atoms with Gasteiger partial charge in [0.05, 0.1) is 11.4 Å². The van der Waals surface area contributed by atoms with Crippen LogP contribution in [0.5, 0.6) is 0 Å². The number of rotatable bonds is 6. The molecule has 1 aromatic heterocycles. The van der Waals surface area contributed by atoms with Gasteiger partial charge < -0.3 is 4.57 Å². The van der Waals surface area contributed by atoms with Gasteiger partial charge in [0.25, 0.3) is 0 Å². The zero-order valence-electron chi connectivity index (χ0n) is 21.3. The van der Waals surface area contributed by atoms with E-state index in [2.05, 4.69) is 60.4 Å². The normalized spacial score (nSPS) is 16.9. The van der Waals surface area contributed by atoms with Gasteiger partial charge in [-0.2, -0.15) is 0 Å². The second-order valence-corrected chi connectivity index (χ2v) is 6.98. The molecule has 30 heavy (non-hydrogen) atoms. The summed E-state index contributed by atoms with van der Waals surface area (Å²) in [4.78, 5) is 15.8. The molecule has 3 nitrogen and oxygen atoms in total. The molecule has 0 N–H and O–H groups in total. The Kier molecular flexibility index (Phi) is 16.6. The Balaban J connectivity index is 0. The number of Topliss-reactive ketones (excluding diaryl/α,β-unsaturated/α-hetero) is 1. The van der Waals surface area contributed by atoms with Crippen molar-refractivity contribution < 1.29 is 4.79 Å². The first kappa shape index (κ1) is 30.0. The van der Waals surface area contributed by atoms with E-state index < -0.39 is 0 Å². The number of imidazole rings is 1. The van der Waals surface area contributed by atoms with Gasteiger partial charge in [-0.05, 0) is 52.7 Å². The first-order valence-corrected chi connectivity index (χ1v) is 11.5. The van der Waals surface area contributed by atoms with E-state index in [1.165, 1.54) is 11.3 Å². The first-order valence-electron chi connectivity index (χ1n) is 11.5. The van der Waals surface area contributed by atoms with Crippen LogP contribution < -0.4 is 0 Å². The van der Waals surface area contributed by atoms with Gasteiger partial charge in [-0.1, -0.05) is 78.0 Å². The zero-order valence-corrected chi connectivity index (χ0v) is 21.3. The Morgan fingerprint density at radius 3 is 2.23 bits per heavy atom. The SMILES string of the molecule is C=Cc1nc(CC)n(CCC)c1/C=C/C.CC.CC.CC(=O)C1(C)C=C(C)C=CC1. The Bertz CT molecular complexity index is 719. The van der Waals surface area contributed by atoms with Gasteiger partial charge in [0.2, 0.25) is 0 Å². The molecule has 1 aliphatic carbocycles. The Hall–Kier alpha value is -2.16. The number of allylic oxidation sites excluding steroid dienone is 5. The number of hydrogen-bond donors (Lipinski definition) is 0. The Morgan fingerprint density at radius 1 is 1.27 bits per heavy atom. The predicted octanol–water partition coefficient (Wildman–Crippen LogP) is 8.07. The lowest BCUT2D eigenvalue weighted by Crippen LogP contribution is -2.23. The van der Waals surface area contributed by atoms with Gasteiger partial charge in [-0.3, -0.25) is 4.79 Å². The number of nitrogens with zero attached hydrogens (tertiary/aromatic N) is 2. The van der Waals surface area contributed by atoms with Crippen molar-refractivity contribution in [3.05, 3.63) is 53.7 Å². The van der Waals surface area contributed by atoms with Crippen LogP contribution in [-0.4, -0.2) is 15.3 Å². The van der Waals surface area contributed by atoms with Crippen LogP contribution in [0.1, 0.15) is 99.3 Å². The van der Waals surface area contributed by atoms with Gasteiger partial charge in [0.1, 0.15) is 11.6 Å². The molecule has 0 saturated heterocycles. The second-order valence-electron chi connectivity index (χ2n) is 6.98. The average molecular weight is 415 g/mol. The number of aryl methyl sites for hydroxylation is 1. The number of carbonyl (C=O) groups excluding carboxylic acids is 1. The standard InChI is InChI=1S/C13H20N2.C10H14O.2C2H6/c1-5-9-12-11(7-3)14-13(8-4)15(12)10-6-2;1-8-5-4-6-10(3,7-8)9(2)11;2*1-2/h5,7,9H,3,6,8,10H2,1-2,4H3;4-5,7H,6H2,1-3H3;2*1-2H3/b9-5+;;;. The maximum Gasteiger partial charge on any atom is 0.139 e. The summed E-state index contributed by atoms with van der Waals surface area (Å²) in [6, 6.07) is 0. The minimum absolute atomic E-state index is 0.237. The number of carbonyl (C=O) groups is 1. The fourth-order valence-corrected chi connectivity index (χ4v) is 3.10. The maximum absolute atomic E-state index is 11.2. The molecule has 0 fully saturated rings. The van der Waals surface area contributed by atoms with Gasteiger partial charge >= 0.3 is 0 Å². The van der Waals surface area contributed by atoms with Gasteiger partial charge in [0.15, 0.2) is 0 Å². The third-order valence-electron chi connectivity index (χ3n) is 4.67. The van der Waals surface area contributed by atoms with Crippen molar-refractivity contribution in [3.8, 4) is 0 Å². The highest BCUT2D eigenvalue weighted by atomic mass is 16.1. The van der Waals surface area contributed by atoms with E-state index in [1.54, 1.807) is 6.92 Å². The van der Waals surface area contributed by atoms with E-state index in [-0.39, 0.29) is 11.2 Å². The molecule has 0 amide bonds.